The van der Waals surface area contributed by atoms with Gasteiger partial charge in [-0.15, -0.1) is 0 Å². The van der Waals surface area contributed by atoms with Gasteiger partial charge in [0.05, 0.1) is 11.0 Å². The van der Waals surface area contributed by atoms with Gasteiger partial charge in [-0.1, -0.05) is 39.8 Å². The highest BCUT2D eigenvalue weighted by atomic mass is 16.4. The van der Waals surface area contributed by atoms with Crippen molar-refractivity contribution in [2.75, 3.05) is 0 Å². The van der Waals surface area contributed by atoms with E-state index < -0.39 is 12.0 Å². The largest absolute Gasteiger partial charge is 0.480 e. The summed E-state index contributed by atoms with van der Waals surface area (Å²) in [6, 6.07) is 7.13. The lowest BCUT2D eigenvalue weighted by atomic mass is 9.95. The minimum atomic E-state index is -0.809. The fraction of sp³-hybridized carbons (Fsp3) is 0.467. The van der Waals surface area contributed by atoms with Crippen molar-refractivity contribution in [1.82, 2.24) is 9.55 Å². The Kier molecular flexibility index (Phi) is 3.35. The SMILES string of the molecule is CCC(C(=O)O)n1c(C(C)(C)C)nc2ccccc21. The maximum atomic E-state index is 11.5. The molecule has 1 aromatic carbocycles. The summed E-state index contributed by atoms with van der Waals surface area (Å²) in [4.78, 5) is 16.1. The number of aliphatic carboxylic acids is 1. The molecular formula is C15H20N2O2. The Labute approximate surface area is 113 Å². The molecule has 0 spiro atoms. The van der Waals surface area contributed by atoms with Crippen molar-refractivity contribution in [3.8, 4) is 0 Å². The van der Waals surface area contributed by atoms with Gasteiger partial charge in [0.2, 0.25) is 0 Å². The molecule has 0 aliphatic heterocycles. The highest BCUT2D eigenvalue weighted by molar-refractivity contribution is 5.80. The van der Waals surface area contributed by atoms with E-state index in [0.717, 1.165) is 16.9 Å². The summed E-state index contributed by atoms with van der Waals surface area (Å²) in [5.41, 5.74) is 1.55. The Hall–Kier alpha value is -1.84. The van der Waals surface area contributed by atoms with Crippen molar-refractivity contribution >= 4 is 17.0 Å². The van der Waals surface area contributed by atoms with Gasteiger partial charge in [0.15, 0.2) is 0 Å². The molecule has 1 atom stereocenters. The first kappa shape index (κ1) is 13.6. The van der Waals surface area contributed by atoms with Gasteiger partial charge in [0, 0.05) is 5.41 Å². The second-order valence-corrected chi connectivity index (χ2v) is 5.81. The quantitative estimate of drug-likeness (QED) is 0.920. The molecule has 0 aliphatic rings. The molecule has 1 heterocycles. The van der Waals surface area contributed by atoms with E-state index in [1.165, 1.54) is 0 Å². The van der Waals surface area contributed by atoms with Crippen LogP contribution in [0.4, 0.5) is 0 Å². The van der Waals surface area contributed by atoms with Gasteiger partial charge < -0.3 is 9.67 Å². The first-order chi connectivity index (χ1) is 8.86. The number of carboxylic acids is 1. The van der Waals surface area contributed by atoms with Gasteiger partial charge in [-0.3, -0.25) is 0 Å². The zero-order chi connectivity index (χ0) is 14.2. The summed E-state index contributed by atoms with van der Waals surface area (Å²) in [5.74, 6) is 0.0131. The molecule has 0 aliphatic carbocycles. The van der Waals surface area contributed by atoms with E-state index in [2.05, 4.69) is 25.8 Å². The molecule has 19 heavy (non-hydrogen) atoms. The van der Waals surface area contributed by atoms with Crippen LogP contribution in [0, 0.1) is 0 Å². The lowest BCUT2D eigenvalue weighted by Gasteiger charge is -2.23. The molecule has 1 unspecified atom stereocenters. The number of benzene rings is 1. The molecular weight excluding hydrogens is 240 g/mol. The van der Waals surface area contributed by atoms with Crippen LogP contribution in [0.2, 0.25) is 0 Å². The summed E-state index contributed by atoms with van der Waals surface area (Å²) in [6.45, 7) is 8.05. The highest BCUT2D eigenvalue weighted by Crippen LogP contribution is 2.30. The number of fused-ring (bicyclic) bond motifs is 1. The molecule has 2 aromatic rings. The van der Waals surface area contributed by atoms with Crippen molar-refractivity contribution in [2.24, 2.45) is 0 Å². The fourth-order valence-corrected chi connectivity index (χ4v) is 2.36. The molecule has 0 fully saturated rings. The Morgan fingerprint density at radius 1 is 1.37 bits per heavy atom. The molecule has 0 saturated carbocycles. The second kappa shape index (κ2) is 4.68. The number of hydrogen-bond acceptors (Lipinski definition) is 2. The number of nitrogens with zero attached hydrogens (tertiary/aromatic N) is 2. The number of hydrogen-bond donors (Lipinski definition) is 1. The lowest BCUT2D eigenvalue weighted by molar-refractivity contribution is -0.141. The van der Waals surface area contributed by atoms with Gasteiger partial charge in [-0.05, 0) is 18.6 Å². The standard InChI is InChI=1S/C15H20N2O2/c1-5-11(13(18)19)17-12-9-7-6-8-10(12)16-14(17)15(2,3)4/h6-9,11H,5H2,1-4H3,(H,18,19). The molecule has 102 valence electrons. The van der Waals surface area contributed by atoms with E-state index in [0.29, 0.717) is 6.42 Å². The van der Waals surface area contributed by atoms with Crippen molar-refractivity contribution in [3.05, 3.63) is 30.1 Å². The van der Waals surface area contributed by atoms with Gasteiger partial charge in [0.1, 0.15) is 11.9 Å². The predicted molar refractivity (Wildman–Crippen MR) is 75.4 cm³/mol. The molecule has 0 radical (unpaired) electrons. The Bertz CT molecular complexity index is 608. The normalized spacial score (nSPS) is 13.7. The Morgan fingerprint density at radius 3 is 2.53 bits per heavy atom. The van der Waals surface area contributed by atoms with E-state index in [-0.39, 0.29) is 5.41 Å². The van der Waals surface area contributed by atoms with Crippen LogP contribution in [0.3, 0.4) is 0 Å². The van der Waals surface area contributed by atoms with Crippen LogP contribution in [0.1, 0.15) is 46.0 Å². The van der Waals surface area contributed by atoms with Crippen LogP contribution >= 0.6 is 0 Å². The van der Waals surface area contributed by atoms with Crippen LogP contribution in [0.25, 0.3) is 11.0 Å². The molecule has 1 aromatic heterocycles. The summed E-state index contributed by atoms with van der Waals surface area (Å²) >= 11 is 0. The van der Waals surface area contributed by atoms with Crippen LogP contribution < -0.4 is 0 Å². The molecule has 0 bridgehead atoms. The molecule has 0 amide bonds. The number of imidazole rings is 1. The first-order valence-electron chi connectivity index (χ1n) is 6.56. The number of aromatic nitrogens is 2. The van der Waals surface area contributed by atoms with Crippen LogP contribution in [-0.4, -0.2) is 20.6 Å². The Balaban J connectivity index is 2.78. The van der Waals surface area contributed by atoms with E-state index in [9.17, 15) is 9.90 Å². The third-order valence-corrected chi connectivity index (χ3v) is 3.25. The van der Waals surface area contributed by atoms with Crippen LogP contribution in [0.15, 0.2) is 24.3 Å². The molecule has 1 N–H and O–H groups in total. The minimum absolute atomic E-state index is 0.193. The van der Waals surface area contributed by atoms with Crippen molar-refractivity contribution in [1.29, 1.82) is 0 Å². The van der Waals surface area contributed by atoms with Gasteiger partial charge >= 0.3 is 5.97 Å². The van der Waals surface area contributed by atoms with E-state index >= 15 is 0 Å². The maximum Gasteiger partial charge on any atom is 0.326 e. The molecule has 0 saturated heterocycles. The average molecular weight is 260 g/mol. The van der Waals surface area contributed by atoms with E-state index in [1.807, 2.05) is 35.8 Å². The first-order valence-corrected chi connectivity index (χ1v) is 6.56. The fourth-order valence-electron chi connectivity index (χ4n) is 2.36. The van der Waals surface area contributed by atoms with Crippen molar-refractivity contribution in [3.63, 3.8) is 0 Å². The highest BCUT2D eigenvalue weighted by Gasteiger charge is 2.29. The lowest BCUT2D eigenvalue weighted by Crippen LogP contribution is -2.26. The molecule has 4 nitrogen and oxygen atoms in total. The third-order valence-electron chi connectivity index (χ3n) is 3.25. The van der Waals surface area contributed by atoms with E-state index in [1.54, 1.807) is 0 Å². The molecule has 2 rings (SSSR count). The maximum absolute atomic E-state index is 11.5. The van der Waals surface area contributed by atoms with Crippen LogP contribution in [0.5, 0.6) is 0 Å². The van der Waals surface area contributed by atoms with Gasteiger partial charge in [-0.2, -0.15) is 0 Å². The smallest absolute Gasteiger partial charge is 0.326 e. The van der Waals surface area contributed by atoms with Crippen LogP contribution in [-0.2, 0) is 10.2 Å². The average Bonchev–Trinajstić information content (AvgIpc) is 2.69. The van der Waals surface area contributed by atoms with Crippen molar-refractivity contribution in [2.45, 2.75) is 45.6 Å². The van der Waals surface area contributed by atoms with Gasteiger partial charge in [-0.25, -0.2) is 9.78 Å². The zero-order valence-corrected chi connectivity index (χ0v) is 11.8. The predicted octanol–water partition coefficient (Wildman–Crippen LogP) is 3.37. The number of rotatable bonds is 3. The van der Waals surface area contributed by atoms with Crippen molar-refractivity contribution < 1.29 is 9.90 Å². The van der Waals surface area contributed by atoms with Gasteiger partial charge in [0.25, 0.3) is 0 Å². The van der Waals surface area contributed by atoms with E-state index in [4.69, 9.17) is 0 Å². The number of carboxylic acid groups (broad SMARTS) is 1. The third kappa shape index (κ3) is 2.35. The zero-order valence-electron chi connectivity index (χ0n) is 11.8. The topological polar surface area (TPSA) is 55.1 Å². The minimum Gasteiger partial charge on any atom is -0.480 e. The summed E-state index contributed by atoms with van der Waals surface area (Å²) < 4.78 is 1.87. The molecule has 4 heteroatoms. The number of para-hydroxylation sites is 2. The summed E-state index contributed by atoms with van der Waals surface area (Å²) in [7, 11) is 0. The summed E-state index contributed by atoms with van der Waals surface area (Å²) in [5, 5.41) is 9.45. The second-order valence-electron chi connectivity index (χ2n) is 5.81. The Morgan fingerprint density at radius 2 is 2.00 bits per heavy atom. The monoisotopic (exact) mass is 260 g/mol. The summed E-state index contributed by atoms with van der Waals surface area (Å²) in [6.07, 6.45) is 0.540. The number of carbonyl (C=O) groups is 1.